The Balaban J connectivity index is 1.52. The normalized spacial score (nSPS) is 15.6. The molecular formula is C35H24BBrO. The molecule has 1 aliphatic heterocycles. The first-order valence-corrected chi connectivity index (χ1v) is 13.6. The minimum atomic E-state index is -0.170. The van der Waals surface area contributed by atoms with Crippen LogP contribution in [0.1, 0.15) is 33.4 Å². The molecule has 1 aliphatic carbocycles. The molecule has 0 saturated heterocycles. The van der Waals surface area contributed by atoms with Crippen LogP contribution in [0.3, 0.4) is 0 Å². The predicted molar refractivity (Wildman–Crippen MR) is 164 cm³/mol. The van der Waals surface area contributed by atoms with Gasteiger partial charge in [0.05, 0.1) is 0 Å². The average Bonchev–Trinajstić information content (AvgIpc) is 2.91. The van der Waals surface area contributed by atoms with Crippen LogP contribution in [0.25, 0.3) is 39.1 Å². The fourth-order valence-corrected chi connectivity index (χ4v) is 6.30. The van der Waals surface area contributed by atoms with Crippen molar-refractivity contribution in [1.29, 1.82) is 0 Å². The molecule has 1 heterocycles. The lowest BCUT2D eigenvalue weighted by Crippen LogP contribution is -2.25. The predicted octanol–water partition coefficient (Wildman–Crippen LogP) is 8.43. The van der Waals surface area contributed by atoms with Crippen molar-refractivity contribution in [3.8, 4) is 16.9 Å². The minimum absolute atomic E-state index is 0.170. The molecule has 3 heteroatoms. The van der Waals surface area contributed by atoms with E-state index in [4.69, 9.17) is 12.6 Å². The number of halogens is 1. The summed E-state index contributed by atoms with van der Waals surface area (Å²) in [5, 5.41) is 2.25. The summed E-state index contributed by atoms with van der Waals surface area (Å²) < 4.78 is 7.70. The molecular weight excluding hydrogens is 527 g/mol. The van der Waals surface area contributed by atoms with Gasteiger partial charge in [0.15, 0.2) is 0 Å². The van der Waals surface area contributed by atoms with Gasteiger partial charge in [-0.25, -0.2) is 0 Å². The van der Waals surface area contributed by atoms with E-state index in [2.05, 4.69) is 127 Å². The monoisotopic (exact) mass is 550 g/mol. The zero-order valence-electron chi connectivity index (χ0n) is 21.3. The summed E-state index contributed by atoms with van der Waals surface area (Å²) in [6, 6.07) is 32.5. The molecule has 0 amide bonds. The SMILES string of the molecule is [B]c1ccc2ccc3c(c2c1)C(c1ccc(-c2cc(C)cc(C)c2)cc1)=C1c2cc(Br)ccc2C=CC1O3. The average molecular weight is 551 g/mol. The van der Waals surface area contributed by atoms with Crippen molar-refractivity contribution in [2.75, 3.05) is 0 Å². The summed E-state index contributed by atoms with van der Waals surface area (Å²) in [6.07, 6.45) is 4.17. The van der Waals surface area contributed by atoms with Crippen molar-refractivity contribution in [1.82, 2.24) is 0 Å². The number of ether oxygens (including phenoxy) is 1. The highest BCUT2D eigenvalue weighted by molar-refractivity contribution is 9.10. The van der Waals surface area contributed by atoms with E-state index in [1.54, 1.807) is 0 Å². The molecule has 2 aliphatic rings. The zero-order valence-corrected chi connectivity index (χ0v) is 22.8. The Morgan fingerprint density at radius 3 is 2.26 bits per heavy atom. The second kappa shape index (κ2) is 8.89. The fraction of sp³-hybridized carbons (Fsp3) is 0.0857. The highest BCUT2D eigenvalue weighted by atomic mass is 79.9. The molecule has 0 spiro atoms. The Bertz CT molecular complexity index is 1810. The molecule has 0 fully saturated rings. The van der Waals surface area contributed by atoms with Gasteiger partial charge < -0.3 is 4.74 Å². The summed E-state index contributed by atoms with van der Waals surface area (Å²) in [4.78, 5) is 0. The van der Waals surface area contributed by atoms with Crippen molar-refractivity contribution < 1.29 is 4.74 Å². The fourth-order valence-electron chi connectivity index (χ4n) is 5.94. The summed E-state index contributed by atoms with van der Waals surface area (Å²) in [6.45, 7) is 4.30. The number of aryl methyl sites for hydroxylation is 2. The standard InChI is InChI=1S/C35H24BBrO/c1-20-15-21(2)17-26(16-20)22-3-5-25(6-4-22)33-34-29-18-27(36)11-7-23(29)9-13-31(34)38-32-14-10-24-8-12-28(37)19-30(24)35(32)33/h3-19,32H,1-2H3. The third kappa shape index (κ3) is 3.85. The molecule has 1 nitrogen and oxygen atoms in total. The molecule has 1 unspecified atom stereocenters. The van der Waals surface area contributed by atoms with Gasteiger partial charge in [-0.3, -0.25) is 0 Å². The second-order valence-electron chi connectivity index (χ2n) is 10.3. The lowest BCUT2D eigenvalue weighted by Gasteiger charge is -2.34. The van der Waals surface area contributed by atoms with Crippen LogP contribution in [0.5, 0.6) is 5.75 Å². The van der Waals surface area contributed by atoms with E-state index in [-0.39, 0.29) is 6.10 Å². The summed E-state index contributed by atoms with van der Waals surface area (Å²) in [5.74, 6) is 0.883. The first kappa shape index (κ1) is 23.3. The van der Waals surface area contributed by atoms with E-state index in [1.165, 1.54) is 50.1 Å². The second-order valence-corrected chi connectivity index (χ2v) is 11.2. The number of fused-ring (bicyclic) bond motifs is 6. The number of hydrogen-bond donors (Lipinski definition) is 0. The largest absolute Gasteiger partial charge is 0.481 e. The van der Waals surface area contributed by atoms with Crippen LogP contribution in [-0.4, -0.2) is 14.0 Å². The minimum Gasteiger partial charge on any atom is -0.481 e. The highest BCUT2D eigenvalue weighted by Gasteiger charge is 2.33. The number of hydrogen-bond acceptors (Lipinski definition) is 1. The Hall–Kier alpha value is -3.82. The van der Waals surface area contributed by atoms with Crippen LogP contribution >= 0.6 is 15.9 Å². The molecule has 0 bridgehead atoms. The Labute approximate surface area is 233 Å². The van der Waals surface area contributed by atoms with Crippen molar-refractivity contribution >= 4 is 57.2 Å². The first-order valence-electron chi connectivity index (χ1n) is 12.9. The lowest BCUT2D eigenvalue weighted by molar-refractivity contribution is 0.300. The van der Waals surface area contributed by atoms with Crippen LogP contribution in [0, 0.1) is 13.8 Å². The van der Waals surface area contributed by atoms with E-state index in [0.717, 1.165) is 32.0 Å². The zero-order chi connectivity index (χ0) is 26.0. The molecule has 0 aromatic heterocycles. The molecule has 0 saturated carbocycles. The summed E-state index contributed by atoms with van der Waals surface area (Å²) in [7, 11) is 6.30. The van der Waals surface area contributed by atoms with Crippen LogP contribution in [0.2, 0.25) is 0 Å². The molecule has 0 N–H and O–H groups in total. The molecule has 38 heavy (non-hydrogen) atoms. The van der Waals surface area contributed by atoms with Gasteiger partial charge in [0.2, 0.25) is 0 Å². The first-order chi connectivity index (χ1) is 18.4. The Kier molecular flexibility index (Phi) is 5.45. The van der Waals surface area contributed by atoms with Crippen molar-refractivity contribution in [2.24, 2.45) is 0 Å². The van der Waals surface area contributed by atoms with Crippen molar-refractivity contribution in [3.05, 3.63) is 135 Å². The maximum Gasteiger partial charge on any atom is 0.144 e. The van der Waals surface area contributed by atoms with Crippen LogP contribution in [-0.2, 0) is 0 Å². The van der Waals surface area contributed by atoms with Gasteiger partial charge in [-0.15, -0.1) is 0 Å². The summed E-state index contributed by atoms with van der Waals surface area (Å²) in [5.41, 5.74) is 12.8. The van der Waals surface area contributed by atoms with E-state index >= 15 is 0 Å². The maximum atomic E-state index is 6.65. The van der Waals surface area contributed by atoms with E-state index in [1.807, 2.05) is 6.07 Å². The third-order valence-electron chi connectivity index (χ3n) is 7.55. The molecule has 2 radical (unpaired) electrons. The Morgan fingerprint density at radius 1 is 0.737 bits per heavy atom. The maximum absolute atomic E-state index is 6.65. The highest BCUT2D eigenvalue weighted by Crippen LogP contribution is 2.49. The van der Waals surface area contributed by atoms with Gasteiger partial charge in [-0.1, -0.05) is 111 Å². The van der Waals surface area contributed by atoms with Crippen molar-refractivity contribution in [2.45, 2.75) is 20.0 Å². The third-order valence-corrected chi connectivity index (χ3v) is 8.04. The topological polar surface area (TPSA) is 9.23 Å². The smallest absolute Gasteiger partial charge is 0.144 e. The Morgan fingerprint density at radius 2 is 1.47 bits per heavy atom. The van der Waals surface area contributed by atoms with Gasteiger partial charge in [0.1, 0.15) is 19.7 Å². The molecule has 5 aromatic rings. The number of benzene rings is 5. The van der Waals surface area contributed by atoms with Gasteiger partial charge in [-0.2, -0.15) is 0 Å². The van der Waals surface area contributed by atoms with E-state index in [9.17, 15) is 0 Å². The van der Waals surface area contributed by atoms with Crippen LogP contribution in [0.15, 0.2) is 102 Å². The lowest BCUT2D eigenvalue weighted by atomic mass is 9.78. The summed E-state index contributed by atoms with van der Waals surface area (Å²) >= 11 is 3.71. The van der Waals surface area contributed by atoms with Gasteiger partial charge in [-0.05, 0) is 76.7 Å². The van der Waals surface area contributed by atoms with Gasteiger partial charge in [0, 0.05) is 21.2 Å². The van der Waals surface area contributed by atoms with Crippen molar-refractivity contribution in [3.63, 3.8) is 0 Å². The van der Waals surface area contributed by atoms with Gasteiger partial charge in [0.25, 0.3) is 0 Å². The van der Waals surface area contributed by atoms with E-state index < -0.39 is 0 Å². The van der Waals surface area contributed by atoms with Crippen LogP contribution in [0.4, 0.5) is 0 Å². The van der Waals surface area contributed by atoms with Crippen LogP contribution < -0.4 is 10.2 Å². The van der Waals surface area contributed by atoms with E-state index in [0.29, 0.717) is 0 Å². The molecule has 180 valence electrons. The molecule has 1 atom stereocenters. The molecule has 5 aromatic carbocycles. The number of rotatable bonds is 2. The quantitative estimate of drug-likeness (QED) is 0.200. The molecule has 7 rings (SSSR count). The van der Waals surface area contributed by atoms with Gasteiger partial charge >= 0.3 is 0 Å².